The first-order chi connectivity index (χ1) is 19.4. The number of carbonyl (C=O) groups excluding carboxylic acids is 1. The lowest BCUT2D eigenvalue weighted by Crippen LogP contribution is -2.18. The third kappa shape index (κ3) is 5.17. The minimum absolute atomic E-state index is 0.113. The van der Waals surface area contributed by atoms with Gasteiger partial charge in [-0.25, -0.2) is 19.2 Å². The van der Waals surface area contributed by atoms with E-state index in [2.05, 4.69) is 26.5 Å². The molecule has 2 aromatic heterocycles. The Hall–Kier alpha value is -4.94. The average Bonchev–Trinajstić information content (AvgIpc) is 3.60. The van der Waals surface area contributed by atoms with Crippen molar-refractivity contribution in [1.82, 2.24) is 14.1 Å². The first kappa shape index (κ1) is 26.7. The number of imidazole rings is 1. The van der Waals surface area contributed by atoms with E-state index in [1.54, 1.807) is 7.11 Å². The van der Waals surface area contributed by atoms with Gasteiger partial charge in [0.1, 0.15) is 23.9 Å². The lowest BCUT2D eigenvalue weighted by molar-refractivity contribution is 0.0920. The summed E-state index contributed by atoms with van der Waals surface area (Å²) in [6, 6.07) is 17.5. The SMILES string of the molecule is [C-]#[N+]c1ccc2c(c1)c1cc(/C(=N\OC(=O)n3ccnc3)c3ccc(OC(C)COC)cc3C)ccc1n2CC. The topological polar surface area (TPSA) is 84.2 Å². The van der Waals surface area contributed by atoms with Crippen LogP contribution in [0.15, 0.2) is 78.5 Å². The molecule has 0 spiro atoms. The number of benzene rings is 3. The van der Waals surface area contributed by atoms with E-state index >= 15 is 0 Å². The summed E-state index contributed by atoms with van der Waals surface area (Å²) in [7, 11) is 1.64. The molecule has 202 valence electrons. The highest BCUT2D eigenvalue weighted by molar-refractivity contribution is 6.17. The third-order valence-corrected chi connectivity index (χ3v) is 6.69. The van der Waals surface area contributed by atoms with Crippen molar-refractivity contribution in [2.75, 3.05) is 13.7 Å². The number of oxime groups is 1. The Bertz CT molecular complexity index is 1760. The maximum atomic E-state index is 12.6. The number of rotatable bonds is 8. The third-order valence-electron chi connectivity index (χ3n) is 6.69. The van der Waals surface area contributed by atoms with Gasteiger partial charge in [0.15, 0.2) is 5.69 Å². The monoisotopic (exact) mass is 535 g/mol. The molecule has 0 aliphatic carbocycles. The van der Waals surface area contributed by atoms with Crippen molar-refractivity contribution < 1.29 is 19.1 Å². The summed E-state index contributed by atoms with van der Waals surface area (Å²) in [6.07, 6.45) is 3.56. The van der Waals surface area contributed by atoms with Gasteiger partial charge < -0.3 is 14.0 Å². The number of hydrogen-bond donors (Lipinski definition) is 0. The van der Waals surface area contributed by atoms with Crippen molar-refractivity contribution in [3.63, 3.8) is 0 Å². The maximum absolute atomic E-state index is 12.6. The molecule has 3 aromatic carbocycles. The second kappa shape index (κ2) is 11.4. The van der Waals surface area contributed by atoms with E-state index < -0.39 is 6.09 Å². The van der Waals surface area contributed by atoms with Crippen LogP contribution in [0.5, 0.6) is 5.75 Å². The molecule has 40 heavy (non-hydrogen) atoms. The van der Waals surface area contributed by atoms with Crippen LogP contribution in [0.3, 0.4) is 0 Å². The van der Waals surface area contributed by atoms with E-state index in [4.69, 9.17) is 20.9 Å². The second-order valence-electron chi connectivity index (χ2n) is 9.42. The highest BCUT2D eigenvalue weighted by Crippen LogP contribution is 2.33. The quantitative estimate of drug-likeness (QED) is 0.0953. The lowest BCUT2D eigenvalue weighted by Gasteiger charge is -2.16. The molecule has 0 saturated carbocycles. The van der Waals surface area contributed by atoms with E-state index in [1.807, 2.05) is 68.4 Å². The van der Waals surface area contributed by atoms with Gasteiger partial charge in [-0.3, -0.25) is 4.84 Å². The number of aromatic nitrogens is 3. The van der Waals surface area contributed by atoms with Crippen LogP contribution in [0.2, 0.25) is 0 Å². The van der Waals surface area contributed by atoms with Crippen LogP contribution in [-0.2, 0) is 16.1 Å². The first-order valence-electron chi connectivity index (χ1n) is 12.9. The lowest BCUT2D eigenvalue weighted by atomic mass is 9.96. The van der Waals surface area contributed by atoms with E-state index in [1.165, 1.54) is 23.3 Å². The van der Waals surface area contributed by atoms with Crippen LogP contribution in [0.1, 0.15) is 30.5 Å². The van der Waals surface area contributed by atoms with Crippen molar-refractivity contribution in [2.45, 2.75) is 33.4 Å². The molecule has 5 aromatic rings. The predicted octanol–water partition coefficient (Wildman–Crippen LogP) is 6.72. The first-order valence-corrected chi connectivity index (χ1v) is 12.9. The Morgan fingerprint density at radius 2 is 1.88 bits per heavy atom. The predicted molar refractivity (Wildman–Crippen MR) is 154 cm³/mol. The van der Waals surface area contributed by atoms with Crippen molar-refractivity contribution in [3.8, 4) is 5.75 Å². The number of aryl methyl sites for hydroxylation is 2. The number of ether oxygens (including phenoxy) is 2. The summed E-state index contributed by atoms with van der Waals surface area (Å²) in [5.41, 5.74) is 5.60. The van der Waals surface area contributed by atoms with Gasteiger partial charge in [-0.15, -0.1) is 0 Å². The molecule has 2 heterocycles. The van der Waals surface area contributed by atoms with Gasteiger partial charge >= 0.3 is 6.09 Å². The van der Waals surface area contributed by atoms with Gasteiger partial charge in [0.25, 0.3) is 0 Å². The van der Waals surface area contributed by atoms with E-state index in [0.717, 1.165) is 45.0 Å². The van der Waals surface area contributed by atoms with Crippen molar-refractivity contribution in [3.05, 3.63) is 101 Å². The summed E-state index contributed by atoms with van der Waals surface area (Å²) in [5.74, 6) is 0.703. The molecule has 0 aliphatic heterocycles. The number of hydrogen-bond acceptors (Lipinski definition) is 6. The van der Waals surface area contributed by atoms with Crippen LogP contribution in [0, 0.1) is 13.5 Å². The summed E-state index contributed by atoms with van der Waals surface area (Å²) in [5, 5.41) is 6.32. The maximum Gasteiger partial charge on any atom is 0.445 e. The molecule has 9 nitrogen and oxygen atoms in total. The highest BCUT2D eigenvalue weighted by atomic mass is 16.7. The van der Waals surface area contributed by atoms with Gasteiger partial charge in [-0.05, 0) is 74.2 Å². The fourth-order valence-electron chi connectivity index (χ4n) is 4.88. The van der Waals surface area contributed by atoms with Crippen LogP contribution >= 0.6 is 0 Å². The Labute approximate surface area is 232 Å². The minimum atomic E-state index is -0.675. The largest absolute Gasteiger partial charge is 0.488 e. The molecule has 0 N–H and O–H groups in total. The highest BCUT2D eigenvalue weighted by Gasteiger charge is 2.18. The fraction of sp³-hybridized carbons (Fsp3) is 0.226. The molecule has 5 rings (SSSR count). The molecule has 1 unspecified atom stereocenters. The molecule has 0 fully saturated rings. The van der Waals surface area contributed by atoms with Crippen LogP contribution in [0.25, 0.3) is 26.7 Å². The zero-order valence-electron chi connectivity index (χ0n) is 22.8. The van der Waals surface area contributed by atoms with Gasteiger partial charge in [0.05, 0.1) is 13.2 Å². The molecule has 0 aliphatic rings. The van der Waals surface area contributed by atoms with Crippen LogP contribution in [-0.4, -0.2) is 45.7 Å². The summed E-state index contributed by atoms with van der Waals surface area (Å²) >= 11 is 0. The fourth-order valence-corrected chi connectivity index (χ4v) is 4.88. The zero-order valence-corrected chi connectivity index (χ0v) is 22.8. The van der Waals surface area contributed by atoms with E-state index in [9.17, 15) is 4.79 Å². The Balaban J connectivity index is 1.63. The summed E-state index contributed by atoms with van der Waals surface area (Å²) < 4.78 is 14.6. The Morgan fingerprint density at radius 1 is 1.10 bits per heavy atom. The Morgan fingerprint density at radius 3 is 2.55 bits per heavy atom. The van der Waals surface area contributed by atoms with Gasteiger partial charge in [-0.2, -0.15) is 0 Å². The summed E-state index contributed by atoms with van der Waals surface area (Å²) in [6.45, 7) is 14.7. The van der Waals surface area contributed by atoms with Crippen LogP contribution < -0.4 is 4.74 Å². The minimum Gasteiger partial charge on any atom is -0.488 e. The van der Waals surface area contributed by atoms with Gasteiger partial charge in [-0.1, -0.05) is 17.3 Å². The molecular weight excluding hydrogens is 506 g/mol. The molecule has 1 atom stereocenters. The normalized spacial score (nSPS) is 12.4. The molecule has 0 amide bonds. The van der Waals surface area contributed by atoms with Crippen molar-refractivity contribution >= 4 is 39.3 Å². The number of carbonyl (C=O) groups is 1. The zero-order chi connectivity index (χ0) is 28.2. The van der Waals surface area contributed by atoms with Crippen molar-refractivity contribution in [2.24, 2.45) is 5.16 Å². The summed E-state index contributed by atoms with van der Waals surface area (Å²) in [4.78, 5) is 25.5. The number of nitrogens with zero attached hydrogens (tertiary/aromatic N) is 5. The van der Waals surface area contributed by atoms with E-state index in [-0.39, 0.29) is 6.10 Å². The molecular formula is C31H29N5O4. The average molecular weight is 536 g/mol. The van der Waals surface area contributed by atoms with Gasteiger partial charge in [0, 0.05) is 53.6 Å². The molecule has 0 bridgehead atoms. The standard InChI is InChI=1S/C31H29N5O4/c1-6-36-28-11-7-22(16-26(28)27-17-23(32-4)8-12-29(27)36)30(34-40-31(37)35-14-13-33-19-35)25-10-9-24(15-20(25)2)39-21(3)18-38-5/h7-17,19,21H,6,18H2,1-3,5H3/b34-30+. The second-order valence-corrected chi connectivity index (χ2v) is 9.42. The number of fused-ring (bicyclic) bond motifs is 3. The molecule has 0 saturated heterocycles. The smallest absolute Gasteiger partial charge is 0.445 e. The Kier molecular flexibility index (Phi) is 7.62. The van der Waals surface area contributed by atoms with Crippen LogP contribution in [0.4, 0.5) is 10.5 Å². The van der Waals surface area contributed by atoms with E-state index in [0.29, 0.717) is 23.8 Å². The van der Waals surface area contributed by atoms with Gasteiger partial charge in [0.2, 0.25) is 0 Å². The number of methoxy groups -OCH3 is 1. The molecule has 9 heteroatoms. The van der Waals surface area contributed by atoms with Crippen molar-refractivity contribution in [1.29, 1.82) is 0 Å². The molecule has 0 radical (unpaired) electrons.